The van der Waals surface area contributed by atoms with Crippen molar-refractivity contribution < 1.29 is 9.94 Å². The van der Waals surface area contributed by atoms with Crippen molar-refractivity contribution in [1.29, 1.82) is 0 Å². The van der Waals surface area contributed by atoms with Crippen molar-refractivity contribution >= 4 is 28.8 Å². The lowest BCUT2D eigenvalue weighted by molar-refractivity contribution is 0.306. The van der Waals surface area contributed by atoms with E-state index in [0.29, 0.717) is 18.0 Å². The topological polar surface area (TPSA) is 92.2 Å². The molecule has 0 radical (unpaired) electrons. The molecule has 0 atom stereocenters. The first-order chi connectivity index (χ1) is 11.6. The first-order valence-corrected chi connectivity index (χ1v) is 7.60. The van der Waals surface area contributed by atoms with Crippen LogP contribution in [0.3, 0.4) is 0 Å². The van der Waals surface area contributed by atoms with Crippen molar-refractivity contribution in [2.24, 2.45) is 16.0 Å². The summed E-state index contributed by atoms with van der Waals surface area (Å²) in [6.45, 7) is 2.11. The molecule has 0 aromatic heterocycles. The van der Waals surface area contributed by atoms with Crippen LogP contribution in [0.15, 0.2) is 64.9 Å². The molecule has 0 spiro atoms. The summed E-state index contributed by atoms with van der Waals surface area (Å²) in [7, 11) is 0. The first-order valence-electron chi connectivity index (χ1n) is 7.19. The van der Waals surface area contributed by atoms with Crippen LogP contribution in [0.2, 0.25) is 0 Å². The van der Waals surface area contributed by atoms with E-state index in [-0.39, 0.29) is 5.11 Å². The third-order valence-corrected chi connectivity index (χ3v) is 3.24. The summed E-state index contributed by atoms with van der Waals surface area (Å²) in [5.74, 6) is 0.725. The summed E-state index contributed by atoms with van der Waals surface area (Å²) in [5, 5.41) is 16.2. The molecule has 0 saturated heterocycles. The van der Waals surface area contributed by atoms with Crippen LogP contribution in [0.4, 0.5) is 0 Å². The Hall–Kier alpha value is -2.93. The van der Waals surface area contributed by atoms with E-state index < -0.39 is 0 Å². The summed E-state index contributed by atoms with van der Waals surface area (Å²) in [5.41, 5.74) is 10.5. The van der Waals surface area contributed by atoms with E-state index in [2.05, 4.69) is 15.7 Å². The molecule has 0 aliphatic rings. The van der Waals surface area contributed by atoms with Crippen LogP contribution >= 0.6 is 12.2 Å². The number of thiocarbonyl (C=S) groups is 1. The average molecular weight is 342 g/mol. The van der Waals surface area contributed by atoms with Gasteiger partial charge >= 0.3 is 0 Å². The highest BCUT2D eigenvalue weighted by Crippen LogP contribution is 2.15. The van der Waals surface area contributed by atoms with Gasteiger partial charge in [0.15, 0.2) is 5.11 Å². The van der Waals surface area contributed by atoms with Crippen molar-refractivity contribution in [2.45, 2.75) is 13.5 Å². The maximum atomic E-state index is 8.99. The Morgan fingerprint density at radius 2 is 1.83 bits per heavy atom. The van der Waals surface area contributed by atoms with Gasteiger partial charge in [0, 0.05) is 5.56 Å². The maximum Gasteiger partial charge on any atom is 0.184 e. The van der Waals surface area contributed by atoms with E-state index in [1.165, 1.54) is 0 Å². The molecule has 2 rings (SSSR count). The Labute approximate surface area is 145 Å². The molecule has 24 heavy (non-hydrogen) atoms. The molecule has 0 aliphatic carbocycles. The van der Waals surface area contributed by atoms with Crippen LogP contribution in [-0.4, -0.2) is 21.7 Å². The number of nitrogens with zero attached hydrogens (tertiary/aromatic N) is 2. The molecule has 0 saturated carbocycles. The second kappa shape index (κ2) is 8.64. The fraction of sp³-hybridized carbons (Fsp3) is 0.118. The fourth-order valence-electron chi connectivity index (χ4n) is 1.96. The van der Waals surface area contributed by atoms with Crippen molar-refractivity contribution in [3.05, 3.63) is 65.7 Å². The SMILES string of the molecule is CC(=NO)C(=NNC(N)=S)c1ccc(OCc2ccccc2)cc1. The molecule has 0 unspecified atom stereocenters. The van der Waals surface area contributed by atoms with E-state index in [1.54, 1.807) is 6.92 Å². The number of nitrogens with one attached hydrogen (secondary N) is 1. The van der Waals surface area contributed by atoms with Crippen molar-refractivity contribution in [1.82, 2.24) is 5.43 Å². The minimum atomic E-state index is 0.0288. The molecular weight excluding hydrogens is 324 g/mol. The Morgan fingerprint density at radius 3 is 2.42 bits per heavy atom. The zero-order valence-corrected chi connectivity index (χ0v) is 14.0. The van der Waals surface area contributed by atoms with E-state index in [4.69, 9.17) is 27.9 Å². The van der Waals surface area contributed by atoms with Crippen LogP contribution < -0.4 is 15.9 Å². The number of oxime groups is 1. The lowest BCUT2D eigenvalue weighted by Gasteiger charge is -2.09. The summed E-state index contributed by atoms with van der Waals surface area (Å²) >= 11 is 4.73. The molecule has 6 nitrogen and oxygen atoms in total. The second-order valence-electron chi connectivity index (χ2n) is 4.92. The highest BCUT2D eigenvalue weighted by Gasteiger charge is 2.09. The van der Waals surface area contributed by atoms with Gasteiger partial charge in [-0.3, -0.25) is 5.43 Å². The molecule has 0 fully saturated rings. The fourth-order valence-corrected chi connectivity index (χ4v) is 2.01. The molecular formula is C17H18N4O2S. The van der Waals surface area contributed by atoms with Gasteiger partial charge in [-0.15, -0.1) is 0 Å². The van der Waals surface area contributed by atoms with Gasteiger partial charge in [0.25, 0.3) is 0 Å². The zero-order valence-electron chi connectivity index (χ0n) is 13.1. The number of rotatable bonds is 6. The lowest BCUT2D eigenvalue weighted by Crippen LogP contribution is -2.27. The third kappa shape index (κ3) is 5.06. The molecule has 0 aliphatic heterocycles. The van der Waals surface area contributed by atoms with Gasteiger partial charge < -0.3 is 15.7 Å². The van der Waals surface area contributed by atoms with E-state index >= 15 is 0 Å². The smallest absolute Gasteiger partial charge is 0.184 e. The predicted octanol–water partition coefficient (Wildman–Crippen LogP) is 2.65. The number of hydrazone groups is 1. The summed E-state index contributed by atoms with van der Waals surface area (Å²) in [6, 6.07) is 17.2. The van der Waals surface area contributed by atoms with Gasteiger partial charge in [-0.05, 0) is 49.0 Å². The summed E-state index contributed by atoms with van der Waals surface area (Å²) < 4.78 is 5.74. The summed E-state index contributed by atoms with van der Waals surface area (Å²) in [6.07, 6.45) is 0. The van der Waals surface area contributed by atoms with E-state index in [0.717, 1.165) is 16.9 Å². The van der Waals surface area contributed by atoms with Crippen LogP contribution in [0.25, 0.3) is 0 Å². The van der Waals surface area contributed by atoms with Crippen LogP contribution in [-0.2, 0) is 6.61 Å². The Kier molecular flexibility index (Phi) is 6.27. The molecule has 0 heterocycles. The molecule has 0 bridgehead atoms. The predicted molar refractivity (Wildman–Crippen MR) is 98.6 cm³/mol. The van der Waals surface area contributed by atoms with Gasteiger partial charge in [0.05, 0.1) is 0 Å². The quantitative estimate of drug-likeness (QED) is 0.325. The lowest BCUT2D eigenvalue weighted by atomic mass is 10.1. The largest absolute Gasteiger partial charge is 0.489 e. The third-order valence-electron chi connectivity index (χ3n) is 3.15. The van der Waals surface area contributed by atoms with Crippen LogP contribution in [0.5, 0.6) is 5.75 Å². The Bertz CT molecular complexity index is 743. The molecule has 4 N–H and O–H groups in total. The average Bonchev–Trinajstić information content (AvgIpc) is 2.61. The standard InChI is InChI=1S/C17H18N4O2S/c1-12(21-22)16(19-20-17(18)24)14-7-9-15(10-8-14)23-11-13-5-3-2-4-6-13/h2-10,22H,11H2,1H3,(H3,18,20,24). The van der Waals surface area contributed by atoms with E-state index in [9.17, 15) is 0 Å². The van der Waals surface area contributed by atoms with Gasteiger partial charge in [0.1, 0.15) is 23.8 Å². The molecule has 7 heteroatoms. The number of hydrogen-bond donors (Lipinski definition) is 3. The van der Waals surface area contributed by atoms with Crippen molar-refractivity contribution in [3.63, 3.8) is 0 Å². The Balaban J connectivity index is 2.11. The van der Waals surface area contributed by atoms with Gasteiger partial charge in [0.2, 0.25) is 0 Å². The number of benzene rings is 2. The van der Waals surface area contributed by atoms with Gasteiger partial charge in [-0.2, -0.15) is 5.10 Å². The van der Waals surface area contributed by atoms with Crippen molar-refractivity contribution in [3.8, 4) is 5.75 Å². The highest BCUT2D eigenvalue weighted by atomic mass is 32.1. The maximum absolute atomic E-state index is 8.99. The normalized spacial score (nSPS) is 11.9. The Morgan fingerprint density at radius 1 is 1.17 bits per heavy atom. The van der Waals surface area contributed by atoms with Crippen LogP contribution in [0.1, 0.15) is 18.1 Å². The monoisotopic (exact) mass is 342 g/mol. The number of nitrogens with two attached hydrogens (primary N) is 1. The number of hydrogen-bond acceptors (Lipinski definition) is 5. The molecule has 124 valence electrons. The number of ether oxygens (including phenoxy) is 1. The molecule has 0 amide bonds. The first kappa shape index (κ1) is 17.4. The van der Waals surface area contributed by atoms with Crippen LogP contribution in [0, 0.1) is 0 Å². The molecule has 2 aromatic rings. The minimum Gasteiger partial charge on any atom is -0.489 e. The van der Waals surface area contributed by atoms with Gasteiger partial charge in [-0.1, -0.05) is 35.5 Å². The van der Waals surface area contributed by atoms with Crippen molar-refractivity contribution in [2.75, 3.05) is 0 Å². The second-order valence-corrected chi connectivity index (χ2v) is 5.36. The zero-order chi connectivity index (χ0) is 17.4. The molecule has 2 aromatic carbocycles. The minimum absolute atomic E-state index is 0.0288. The van der Waals surface area contributed by atoms with E-state index in [1.807, 2.05) is 54.6 Å². The summed E-state index contributed by atoms with van der Waals surface area (Å²) in [4.78, 5) is 0. The van der Waals surface area contributed by atoms with Gasteiger partial charge in [-0.25, -0.2) is 0 Å². The highest BCUT2D eigenvalue weighted by molar-refractivity contribution is 7.80.